The predicted molar refractivity (Wildman–Crippen MR) is 75.8 cm³/mol. The molecule has 0 aromatic heterocycles. The lowest BCUT2D eigenvalue weighted by Gasteiger charge is -2.21. The van der Waals surface area contributed by atoms with E-state index in [1.54, 1.807) is 31.0 Å². The average molecular weight is 277 g/mol. The van der Waals surface area contributed by atoms with Gasteiger partial charge in [-0.3, -0.25) is 14.9 Å². The van der Waals surface area contributed by atoms with Crippen LogP contribution in [0.2, 0.25) is 0 Å². The van der Waals surface area contributed by atoms with Crippen LogP contribution in [0, 0.1) is 17.0 Å². The standard InChI is InChI=1S/C14H19N3O3/c1-10-5-3-7-12(13(10)17(19)20)14(18)16(2)9-11-6-4-8-15-11/h3,5,7,11,15H,4,6,8-9H2,1-2H3. The molecule has 6 heteroatoms. The maximum absolute atomic E-state index is 12.4. The van der Waals surface area contributed by atoms with Crippen LogP contribution < -0.4 is 5.32 Å². The zero-order chi connectivity index (χ0) is 14.7. The first-order valence-electron chi connectivity index (χ1n) is 6.73. The van der Waals surface area contributed by atoms with Crippen LogP contribution >= 0.6 is 0 Å². The number of benzene rings is 1. The summed E-state index contributed by atoms with van der Waals surface area (Å²) in [6.45, 7) is 3.19. The number of aryl methyl sites for hydroxylation is 1. The highest BCUT2D eigenvalue weighted by molar-refractivity contribution is 5.98. The van der Waals surface area contributed by atoms with Gasteiger partial charge in [-0.05, 0) is 32.4 Å². The predicted octanol–water partition coefficient (Wildman–Crippen LogP) is 1.73. The first-order chi connectivity index (χ1) is 9.50. The number of likely N-dealkylation sites (N-methyl/N-ethyl adjacent to an activating group) is 1. The molecule has 0 aliphatic carbocycles. The minimum absolute atomic E-state index is 0.0938. The number of carbonyl (C=O) groups is 1. The molecule has 1 aliphatic heterocycles. The molecule has 0 radical (unpaired) electrons. The molecule has 0 bridgehead atoms. The maximum Gasteiger partial charge on any atom is 0.285 e. The van der Waals surface area contributed by atoms with E-state index in [0.717, 1.165) is 19.4 Å². The summed E-state index contributed by atoms with van der Waals surface area (Å²) in [5.41, 5.74) is 0.576. The van der Waals surface area contributed by atoms with Crippen molar-refractivity contribution in [2.24, 2.45) is 0 Å². The monoisotopic (exact) mass is 277 g/mol. The first kappa shape index (κ1) is 14.5. The molecule has 6 nitrogen and oxygen atoms in total. The molecule has 1 aromatic carbocycles. The quantitative estimate of drug-likeness (QED) is 0.671. The second-order valence-electron chi connectivity index (χ2n) is 5.21. The third-order valence-electron chi connectivity index (χ3n) is 3.65. The molecule has 1 N–H and O–H groups in total. The molecule has 1 aliphatic rings. The zero-order valence-electron chi connectivity index (χ0n) is 11.8. The number of nitro groups is 1. The number of hydrogen-bond acceptors (Lipinski definition) is 4. The van der Waals surface area contributed by atoms with Gasteiger partial charge in [0.2, 0.25) is 0 Å². The van der Waals surface area contributed by atoms with Gasteiger partial charge in [-0.1, -0.05) is 12.1 Å². The molecule has 1 saturated heterocycles. The van der Waals surface area contributed by atoms with Gasteiger partial charge in [0.15, 0.2) is 0 Å². The van der Waals surface area contributed by atoms with Gasteiger partial charge in [-0.15, -0.1) is 0 Å². The fraction of sp³-hybridized carbons (Fsp3) is 0.500. The third-order valence-corrected chi connectivity index (χ3v) is 3.65. The van der Waals surface area contributed by atoms with Gasteiger partial charge < -0.3 is 10.2 Å². The van der Waals surface area contributed by atoms with Crippen LogP contribution in [0.25, 0.3) is 0 Å². The van der Waals surface area contributed by atoms with E-state index in [4.69, 9.17) is 0 Å². The van der Waals surface area contributed by atoms with Crippen molar-refractivity contribution in [1.82, 2.24) is 10.2 Å². The van der Waals surface area contributed by atoms with Gasteiger partial charge in [-0.2, -0.15) is 0 Å². The molecular formula is C14H19N3O3. The number of rotatable bonds is 4. The third kappa shape index (κ3) is 2.96. The van der Waals surface area contributed by atoms with E-state index < -0.39 is 4.92 Å². The van der Waals surface area contributed by atoms with E-state index in [9.17, 15) is 14.9 Å². The van der Waals surface area contributed by atoms with Gasteiger partial charge in [0.1, 0.15) is 5.56 Å². The lowest BCUT2D eigenvalue weighted by Crippen LogP contribution is -2.38. The number of nitrogens with zero attached hydrogens (tertiary/aromatic N) is 2. The number of amides is 1. The van der Waals surface area contributed by atoms with E-state index in [1.165, 1.54) is 6.07 Å². The maximum atomic E-state index is 12.4. The van der Waals surface area contributed by atoms with Crippen molar-refractivity contribution in [1.29, 1.82) is 0 Å². The van der Waals surface area contributed by atoms with E-state index in [1.807, 2.05) is 0 Å². The summed E-state index contributed by atoms with van der Waals surface area (Å²) in [5, 5.41) is 14.5. The highest BCUT2D eigenvalue weighted by atomic mass is 16.6. The lowest BCUT2D eigenvalue weighted by atomic mass is 10.1. The second-order valence-corrected chi connectivity index (χ2v) is 5.21. The molecule has 1 heterocycles. The van der Waals surface area contributed by atoms with Gasteiger partial charge in [-0.25, -0.2) is 0 Å². The minimum atomic E-state index is -0.482. The number of carbonyl (C=O) groups excluding carboxylic acids is 1. The van der Waals surface area contributed by atoms with E-state index in [0.29, 0.717) is 12.1 Å². The summed E-state index contributed by atoms with van der Waals surface area (Å²) in [4.78, 5) is 24.6. The summed E-state index contributed by atoms with van der Waals surface area (Å²) in [6.07, 6.45) is 2.14. The fourth-order valence-electron chi connectivity index (χ4n) is 2.61. The Hall–Kier alpha value is -1.95. The largest absolute Gasteiger partial charge is 0.340 e. The Labute approximate surface area is 117 Å². The Kier molecular flexibility index (Phi) is 4.34. The molecule has 1 amide bonds. The van der Waals surface area contributed by atoms with Crippen LogP contribution in [-0.2, 0) is 0 Å². The summed E-state index contributed by atoms with van der Waals surface area (Å²) in [6, 6.07) is 5.13. The Bertz CT molecular complexity index is 524. The molecular weight excluding hydrogens is 258 g/mol. The van der Waals surface area contributed by atoms with Crippen molar-refractivity contribution in [3.8, 4) is 0 Å². The van der Waals surface area contributed by atoms with Gasteiger partial charge >= 0.3 is 0 Å². The van der Waals surface area contributed by atoms with Crippen molar-refractivity contribution >= 4 is 11.6 Å². The molecule has 1 aromatic rings. The highest BCUT2D eigenvalue weighted by Gasteiger charge is 2.26. The van der Waals surface area contributed by atoms with Crippen LogP contribution in [0.3, 0.4) is 0 Å². The fourth-order valence-corrected chi connectivity index (χ4v) is 2.61. The molecule has 1 unspecified atom stereocenters. The Balaban J connectivity index is 2.19. The molecule has 2 rings (SSSR count). The minimum Gasteiger partial charge on any atom is -0.340 e. The Morgan fingerprint density at radius 1 is 1.55 bits per heavy atom. The highest BCUT2D eigenvalue weighted by Crippen LogP contribution is 2.24. The van der Waals surface area contributed by atoms with E-state index in [-0.39, 0.29) is 23.2 Å². The Morgan fingerprint density at radius 2 is 2.30 bits per heavy atom. The zero-order valence-corrected chi connectivity index (χ0v) is 11.8. The van der Waals surface area contributed by atoms with Crippen molar-refractivity contribution < 1.29 is 9.72 Å². The van der Waals surface area contributed by atoms with Crippen LogP contribution in [0.4, 0.5) is 5.69 Å². The molecule has 20 heavy (non-hydrogen) atoms. The number of nitro benzene ring substituents is 1. The van der Waals surface area contributed by atoms with E-state index in [2.05, 4.69) is 5.32 Å². The van der Waals surface area contributed by atoms with Gasteiger partial charge in [0, 0.05) is 25.2 Å². The molecule has 108 valence electrons. The van der Waals surface area contributed by atoms with Crippen molar-refractivity contribution in [3.63, 3.8) is 0 Å². The van der Waals surface area contributed by atoms with Crippen LogP contribution in [0.1, 0.15) is 28.8 Å². The van der Waals surface area contributed by atoms with Gasteiger partial charge in [0.05, 0.1) is 4.92 Å². The Morgan fingerprint density at radius 3 is 2.90 bits per heavy atom. The number of para-hydroxylation sites is 1. The molecule has 1 atom stereocenters. The van der Waals surface area contributed by atoms with E-state index >= 15 is 0 Å². The van der Waals surface area contributed by atoms with Crippen molar-refractivity contribution in [2.75, 3.05) is 20.1 Å². The number of hydrogen-bond donors (Lipinski definition) is 1. The first-order valence-corrected chi connectivity index (χ1v) is 6.73. The van der Waals surface area contributed by atoms with Crippen LogP contribution in [-0.4, -0.2) is 41.9 Å². The van der Waals surface area contributed by atoms with Crippen LogP contribution in [0.5, 0.6) is 0 Å². The summed E-state index contributed by atoms with van der Waals surface area (Å²) >= 11 is 0. The summed E-state index contributed by atoms with van der Waals surface area (Å²) < 4.78 is 0. The van der Waals surface area contributed by atoms with Crippen molar-refractivity contribution in [2.45, 2.75) is 25.8 Å². The second kappa shape index (κ2) is 6.00. The van der Waals surface area contributed by atoms with Crippen LogP contribution in [0.15, 0.2) is 18.2 Å². The smallest absolute Gasteiger partial charge is 0.285 e. The van der Waals surface area contributed by atoms with Crippen molar-refractivity contribution in [3.05, 3.63) is 39.4 Å². The molecule has 0 spiro atoms. The molecule has 1 fully saturated rings. The average Bonchev–Trinajstić information content (AvgIpc) is 2.89. The number of nitrogens with one attached hydrogen (secondary N) is 1. The topological polar surface area (TPSA) is 75.5 Å². The van der Waals surface area contributed by atoms with Gasteiger partial charge in [0.25, 0.3) is 11.6 Å². The normalized spacial score (nSPS) is 18.0. The summed E-state index contributed by atoms with van der Waals surface area (Å²) in [5.74, 6) is -0.297. The molecule has 0 saturated carbocycles. The summed E-state index contributed by atoms with van der Waals surface area (Å²) in [7, 11) is 1.69. The SMILES string of the molecule is Cc1cccc(C(=O)N(C)CC2CCCN2)c1[N+](=O)[O-]. The lowest BCUT2D eigenvalue weighted by molar-refractivity contribution is -0.385.